The Morgan fingerprint density at radius 3 is 0.778 bits per heavy atom. The van der Waals surface area contributed by atoms with E-state index >= 15 is 0 Å². The maximum atomic E-state index is 10.3. The molecule has 0 aromatic heterocycles. The first-order chi connectivity index (χ1) is 12.2. The lowest BCUT2D eigenvalue weighted by atomic mass is 10.4. The Hall–Kier alpha value is -0.270. The van der Waals surface area contributed by atoms with Crippen molar-refractivity contribution in [2.45, 2.75) is 59.3 Å². The van der Waals surface area contributed by atoms with Gasteiger partial charge >= 0.3 is 0 Å². The van der Waals surface area contributed by atoms with Gasteiger partial charge in [0.05, 0.1) is 38.6 Å². The molecule has 0 spiro atoms. The SMILES string of the molecule is CCCCOS(C)(=O)=O.CCCCOS(C)(=O)=O.CCCCOS(C)(=O)=O. The number of hydrogen-bond donors (Lipinski definition) is 0. The molecule has 9 nitrogen and oxygen atoms in total. The van der Waals surface area contributed by atoms with Gasteiger partial charge in [0, 0.05) is 0 Å². The number of rotatable bonds is 12. The smallest absolute Gasteiger partial charge is 0.264 e. The summed E-state index contributed by atoms with van der Waals surface area (Å²) in [6.45, 7) is 6.88. The Kier molecular flexibility index (Phi) is 20.7. The molecular formula is C15H36O9S3. The summed E-state index contributed by atoms with van der Waals surface area (Å²) in [5, 5.41) is 0. The van der Waals surface area contributed by atoms with Crippen molar-refractivity contribution in [2.75, 3.05) is 38.6 Å². The highest BCUT2D eigenvalue weighted by atomic mass is 32.2. The predicted molar refractivity (Wildman–Crippen MR) is 107 cm³/mol. The summed E-state index contributed by atoms with van der Waals surface area (Å²) in [7, 11) is -9.59. The van der Waals surface area contributed by atoms with Crippen LogP contribution in [0.2, 0.25) is 0 Å². The van der Waals surface area contributed by atoms with E-state index in [-0.39, 0.29) is 0 Å². The van der Waals surface area contributed by atoms with Crippen molar-refractivity contribution in [3.8, 4) is 0 Å². The third-order valence-electron chi connectivity index (χ3n) is 2.39. The molecule has 0 rings (SSSR count). The molecule has 0 amide bonds. The molecule has 0 radical (unpaired) electrons. The standard InChI is InChI=1S/3C5H12O3S/c3*1-3-4-5-8-9(2,6)7/h3*3-5H2,1-2H3. The van der Waals surface area contributed by atoms with E-state index in [1.54, 1.807) is 0 Å². The molecule has 0 N–H and O–H groups in total. The van der Waals surface area contributed by atoms with Crippen molar-refractivity contribution in [3.63, 3.8) is 0 Å². The van der Waals surface area contributed by atoms with E-state index in [4.69, 9.17) is 0 Å². The molecule has 0 aliphatic carbocycles. The molecule has 0 unspecified atom stereocenters. The quantitative estimate of drug-likeness (QED) is 0.320. The number of hydrogen-bond acceptors (Lipinski definition) is 9. The van der Waals surface area contributed by atoms with E-state index < -0.39 is 30.4 Å². The first-order valence-electron chi connectivity index (χ1n) is 8.71. The fourth-order valence-corrected chi connectivity index (χ4v) is 2.33. The zero-order chi connectivity index (χ0) is 22.0. The Morgan fingerprint density at radius 1 is 0.481 bits per heavy atom. The minimum atomic E-state index is -3.20. The van der Waals surface area contributed by atoms with Crippen molar-refractivity contribution in [2.24, 2.45) is 0 Å². The van der Waals surface area contributed by atoms with Gasteiger partial charge in [0.25, 0.3) is 30.4 Å². The van der Waals surface area contributed by atoms with Gasteiger partial charge in [-0.15, -0.1) is 0 Å². The van der Waals surface area contributed by atoms with Gasteiger partial charge in [0.1, 0.15) is 0 Å². The average molecular weight is 457 g/mol. The van der Waals surface area contributed by atoms with Gasteiger partial charge in [-0.2, -0.15) is 25.3 Å². The summed E-state index contributed by atoms with van der Waals surface area (Å²) in [6, 6.07) is 0. The van der Waals surface area contributed by atoms with Crippen LogP contribution in [0.25, 0.3) is 0 Å². The number of unbranched alkanes of at least 4 members (excludes halogenated alkanes) is 3. The van der Waals surface area contributed by atoms with Crippen LogP contribution >= 0.6 is 0 Å². The van der Waals surface area contributed by atoms with Crippen LogP contribution in [-0.4, -0.2) is 63.8 Å². The Balaban J connectivity index is -0.000000320. The zero-order valence-corrected chi connectivity index (χ0v) is 19.7. The summed E-state index contributed by atoms with van der Waals surface area (Å²) in [5.74, 6) is 0. The summed E-state index contributed by atoms with van der Waals surface area (Å²) >= 11 is 0. The van der Waals surface area contributed by atoms with E-state index in [0.717, 1.165) is 57.3 Å². The third kappa shape index (κ3) is 46.1. The molecule has 0 aromatic rings. The first-order valence-corrected chi connectivity index (χ1v) is 14.2. The van der Waals surface area contributed by atoms with E-state index in [1.165, 1.54) is 0 Å². The van der Waals surface area contributed by atoms with Gasteiger partial charge in [-0.05, 0) is 19.3 Å². The van der Waals surface area contributed by atoms with Crippen LogP contribution in [-0.2, 0) is 42.9 Å². The van der Waals surface area contributed by atoms with Gasteiger partial charge in [-0.25, -0.2) is 0 Å². The van der Waals surface area contributed by atoms with Gasteiger partial charge in [0.2, 0.25) is 0 Å². The van der Waals surface area contributed by atoms with Gasteiger partial charge < -0.3 is 0 Å². The van der Waals surface area contributed by atoms with Crippen LogP contribution in [0, 0.1) is 0 Å². The van der Waals surface area contributed by atoms with Crippen molar-refractivity contribution < 1.29 is 37.8 Å². The zero-order valence-electron chi connectivity index (χ0n) is 17.3. The largest absolute Gasteiger partial charge is 0.270 e. The van der Waals surface area contributed by atoms with Gasteiger partial charge in [0.15, 0.2) is 0 Å². The molecule has 0 fully saturated rings. The summed E-state index contributed by atoms with van der Waals surface area (Å²) in [6.07, 6.45) is 8.43. The fourth-order valence-electron chi connectivity index (χ4n) is 1.06. The highest BCUT2D eigenvalue weighted by molar-refractivity contribution is 7.86. The summed E-state index contributed by atoms with van der Waals surface area (Å²) in [4.78, 5) is 0. The highest BCUT2D eigenvalue weighted by Crippen LogP contribution is 1.93. The molecule has 0 aliphatic rings. The maximum Gasteiger partial charge on any atom is 0.264 e. The van der Waals surface area contributed by atoms with Crippen molar-refractivity contribution >= 4 is 30.4 Å². The molecule has 168 valence electrons. The van der Waals surface area contributed by atoms with Gasteiger partial charge in [-0.1, -0.05) is 40.0 Å². The second kappa shape index (κ2) is 17.8. The lowest BCUT2D eigenvalue weighted by Gasteiger charge is -1.96. The van der Waals surface area contributed by atoms with E-state index in [1.807, 2.05) is 20.8 Å². The van der Waals surface area contributed by atoms with Crippen LogP contribution in [0.4, 0.5) is 0 Å². The molecule has 0 saturated heterocycles. The Bertz CT molecular complexity index is 533. The minimum absolute atomic E-state index is 0.315. The molecule has 0 bridgehead atoms. The van der Waals surface area contributed by atoms with Crippen LogP contribution in [0.5, 0.6) is 0 Å². The Labute approximate surface area is 166 Å². The molecule has 27 heavy (non-hydrogen) atoms. The molecule has 0 atom stereocenters. The fraction of sp³-hybridized carbons (Fsp3) is 1.00. The molecule has 12 heteroatoms. The van der Waals surface area contributed by atoms with E-state index in [2.05, 4.69) is 12.5 Å². The highest BCUT2D eigenvalue weighted by Gasteiger charge is 1.99. The Morgan fingerprint density at radius 2 is 0.667 bits per heavy atom. The molecule has 0 aliphatic heterocycles. The molecule has 0 saturated carbocycles. The van der Waals surface area contributed by atoms with Crippen LogP contribution in [0.3, 0.4) is 0 Å². The maximum absolute atomic E-state index is 10.3. The first kappa shape index (κ1) is 31.4. The molecular weight excluding hydrogens is 420 g/mol. The lowest BCUT2D eigenvalue weighted by molar-refractivity contribution is 0.313. The summed E-state index contributed by atoms with van der Waals surface area (Å²) in [5.41, 5.74) is 0. The lowest BCUT2D eigenvalue weighted by Crippen LogP contribution is -2.03. The summed E-state index contributed by atoms with van der Waals surface area (Å²) < 4.78 is 75.0. The van der Waals surface area contributed by atoms with Crippen LogP contribution < -0.4 is 0 Å². The second-order valence-corrected chi connectivity index (χ2v) is 10.6. The average Bonchev–Trinajstić information content (AvgIpc) is 2.46. The monoisotopic (exact) mass is 456 g/mol. The van der Waals surface area contributed by atoms with Crippen molar-refractivity contribution in [3.05, 3.63) is 0 Å². The van der Waals surface area contributed by atoms with E-state index in [0.29, 0.717) is 19.8 Å². The second-order valence-electron chi connectivity index (χ2n) is 5.64. The van der Waals surface area contributed by atoms with Crippen LogP contribution in [0.1, 0.15) is 59.3 Å². The minimum Gasteiger partial charge on any atom is -0.270 e. The normalized spacial score (nSPS) is 11.8. The molecule has 0 heterocycles. The third-order valence-corrected chi connectivity index (χ3v) is 4.17. The van der Waals surface area contributed by atoms with Crippen molar-refractivity contribution in [1.82, 2.24) is 0 Å². The topological polar surface area (TPSA) is 130 Å². The van der Waals surface area contributed by atoms with Crippen LogP contribution in [0.15, 0.2) is 0 Å². The van der Waals surface area contributed by atoms with Crippen molar-refractivity contribution in [1.29, 1.82) is 0 Å². The van der Waals surface area contributed by atoms with Gasteiger partial charge in [-0.3, -0.25) is 12.5 Å². The predicted octanol–water partition coefficient (Wildman–Crippen LogP) is 2.29. The van der Waals surface area contributed by atoms with E-state index in [9.17, 15) is 25.3 Å². The molecule has 0 aromatic carbocycles.